The molecular weight excluding hydrogens is 193 g/mol. The van der Waals surface area contributed by atoms with Crippen molar-refractivity contribution >= 4 is 5.82 Å². The van der Waals surface area contributed by atoms with Crippen LogP contribution in [0.1, 0.15) is 39.3 Å². The van der Waals surface area contributed by atoms with Crippen molar-refractivity contribution in [1.29, 1.82) is 0 Å². The maximum Gasteiger partial charge on any atom is 0.186 e. The van der Waals surface area contributed by atoms with Crippen LogP contribution in [0.2, 0.25) is 0 Å². The normalized spacial score (nSPS) is 10.7. The molecule has 4 heteroatoms. The average Bonchev–Trinajstić information content (AvgIpc) is 2.28. The standard InChI is InChI=1S/C11H18FN3/c1-4-8(5-2)15-11-10(12)9(6-3)13-7-14-11/h7-8H,4-6H2,1-3H3,(H,13,14,15). The predicted octanol–water partition coefficient (Wildman–Crippen LogP) is 2.78. The summed E-state index contributed by atoms with van der Waals surface area (Å²) in [5.41, 5.74) is 0.471. The van der Waals surface area contributed by atoms with Crippen molar-refractivity contribution in [2.24, 2.45) is 0 Å². The van der Waals surface area contributed by atoms with Crippen LogP contribution in [0.4, 0.5) is 10.2 Å². The van der Waals surface area contributed by atoms with Crippen LogP contribution in [0.25, 0.3) is 0 Å². The van der Waals surface area contributed by atoms with E-state index in [0.29, 0.717) is 17.9 Å². The molecule has 0 saturated carbocycles. The highest BCUT2D eigenvalue weighted by Crippen LogP contribution is 2.15. The fraction of sp³-hybridized carbons (Fsp3) is 0.636. The van der Waals surface area contributed by atoms with Crippen LogP contribution < -0.4 is 5.32 Å². The molecule has 0 aliphatic rings. The summed E-state index contributed by atoms with van der Waals surface area (Å²) in [7, 11) is 0. The Kier molecular flexibility index (Phi) is 4.46. The second-order valence-electron chi connectivity index (χ2n) is 3.49. The van der Waals surface area contributed by atoms with E-state index in [-0.39, 0.29) is 11.9 Å². The molecular formula is C11H18FN3. The number of hydrogen-bond acceptors (Lipinski definition) is 3. The van der Waals surface area contributed by atoms with E-state index in [1.807, 2.05) is 6.92 Å². The molecule has 84 valence electrons. The van der Waals surface area contributed by atoms with Crippen molar-refractivity contribution in [1.82, 2.24) is 9.97 Å². The summed E-state index contributed by atoms with van der Waals surface area (Å²) in [5.74, 6) is 0.0162. The number of rotatable bonds is 5. The molecule has 1 rings (SSSR count). The van der Waals surface area contributed by atoms with E-state index in [0.717, 1.165) is 12.8 Å². The number of nitrogens with zero attached hydrogens (tertiary/aromatic N) is 2. The zero-order valence-electron chi connectivity index (χ0n) is 9.55. The lowest BCUT2D eigenvalue weighted by Gasteiger charge is -2.16. The summed E-state index contributed by atoms with van der Waals surface area (Å²) >= 11 is 0. The van der Waals surface area contributed by atoms with Gasteiger partial charge < -0.3 is 5.32 Å². The van der Waals surface area contributed by atoms with Gasteiger partial charge in [-0.15, -0.1) is 0 Å². The van der Waals surface area contributed by atoms with Gasteiger partial charge in [0.1, 0.15) is 6.33 Å². The Morgan fingerprint density at radius 3 is 2.47 bits per heavy atom. The molecule has 0 radical (unpaired) electrons. The zero-order chi connectivity index (χ0) is 11.3. The number of hydrogen-bond donors (Lipinski definition) is 1. The first-order valence-corrected chi connectivity index (χ1v) is 5.48. The number of aromatic nitrogens is 2. The van der Waals surface area contributed by atoms with Gasteiger partial charge in [0.15, 0.2) is 11.6 Å². The average molecular weight is 211 g/mol. The second kappa shape index (κ2) is 5.63. The quantitative estimate of drug-likeness (QED) is 0.813. The van der Waals surface area contributed by atoms with Crippen LogP contribution >= 0.6 is 0 Å². The highest BCUT2D eigenvalue weighted by Gasteiger charge is 2.12. The number of nitrogens with one attached hydrogen (secondary N) is 1. The molecule has 0 spiro atoms. The fourth-order valence-electron chi connectivity index (χ4n) is 1.44. The first-order valence-electron chi connectivity index (χ1n) is 5.48. The van der Waals surface area contributed by atoms with Gasteiger partial charge in [0.25, 0.3) is 0 Å². The molecule has 3 nitrogen and oxygen atoms in total. The smallest absolute Gasteiger partial charge is 0.186 e. The van der Waals surface area contributed by atoms with E-state index in [1.165, 1.54) is 6.33 Å². The lowest BCUT2D eigenvalue weighted by atomic mass is 10.2. The summed E-state index contributed by atoms with van der Waals surface area (Å²) in [6.45, 7) is 6.02. The summed E-state index contributed by atoms with van der Waals surface area (Å²) < 4.78 is 13.7. The third kappa shape index (κ3) is 2.88. The van der Waals surface area contributed by atoms with Crippen molar-refractivity contribution in [2.45, 2.75) is 46.1 Å². The Morgan fingerprint density at radius 2 is 1.93 bits per heavy atom. The Balaban J connectivity index is 2.85. The van der Waals surface area contributed by atoms with E-state index < -0.39 is 0 Å². The molecule has 0 unspecified atom stereocenters. The minimum absolute atomic E-state index is 0.277. The molecule has 15 heavy (non-hydrogen) atoms. The molecule has 1 N–H and O–H groups in total. The van der Waals surface area contributed by atoms with Crippen LogP contribution in [-0.4, -0.2) is 16.0 Å². The van der Waals surface area contributed by atoms with E-state index in [1.54, 1.807) is 0 Å². The minimum Gasteiger partial charge on any atom is -0.365 e. The summed E-state index contributed by atoms with van der Waals surface area (Å²) in [6.07, 6.45) is 3.92. The van der Waals surface area contributed by atoms with Gasteiger partial charge in [-0.3, -0.25) is 0 Å². The molecule has 0 atom stereocenters. The fourth-order valence-corrected chi connectivity index (χ4v) is 1.44. The van der Waals surface area contributed by atoms with Crippen molar-refractivity contribution in [3.63, 3.8) is 0 Å². The lowest BCUT2D eigenvalue weighted by Crippen LogP contribution is -2.19. The molecule has 0 bridgehead atoms. The minimum atomic E-state index is -0.313. The number of anilines is 1. The molecule has 0 amide bonds. The first-order chi connectivity index (χ1) is 7.22. The molecule has 0 aromatic carbocycles. The van der Waals surface area contributed by atoms with Crippen molar-refractivity contribution in [3.05, 3.63) is 17.8 Å². The SMILES string of the molecule is CCc1ncnc(NC(CC)CC)c1F. The molecule has 0 aliphatic carbocycles. The Morgan fingerprint density at radius 1 is 1.27 bits per heavy atom. The number of halogens is 1. The van der Waals surface area contributed by atoms with Crippen LogP contribution in [0.3, 0.4) is 0 Å². The molecule has 0 saturated heterocycles. The van der Waals surface area contributed by atoms with Crippen LogP contribution in [0.5, 0.6) is 0 Å². The van der Waals surface area contributed by atoms with Gasteiger partial charge in [0.2, 0.25) is 0 Å². The van der Waals surface area contributed by atoms with Crippen molar-refractivity contribution < 1.29 is 4.39 Å². The first kappa shape index (κ1) is 11.9. The molecule has 1 heterocycles. The molecule has 1 aromatic heterocycles. The van der Waals surface area contributed by atoms with Crippen molar-refractivity contribution in [3.8, 4) is 0 Å². The van der Waals surface area contributed by atoms with Gasteiger partial charge in [0.05, 0.1) is 5.69 Å². The van der Waals surface area contributed by atoms with E-state index in [4.69, 9.17) is 0 Å². The van der Waals surface area contributed by atoms with Gasteiger partial charge in [-0.2, -0.15) is 0 Å². The van der Waals surface area contributed by atoms with Gasteiger partial charge in [-0.05, 0) is 19.3 Å². The maximum absolute atomic E-state index is 13.7. The Hall–Kier alpha value is -1.19. The molecule has 1 aromatic rings. The second-order valence-corrected chi connectivity index (χ2v) is 3.49. The third-order valence-corrected chi connectivity index (χ3v) is 2.52. The summed E-state index contributed by atoms with van der Waals surface area (Å²) in [6, 6.07) is 0.277. The van der Waals surface area contributed by atoms with Gasteiger partial charge in [-0.25, -0.2) is 14.4 Å². The van der Waals surface area contributed by atoms with E-state index in [2.05, 4.69) is 29.1 Å². The zero-order valence-corrected chi connectivity index (χ0v) is 9.55. The largest absolute Gasteiger partial charge is 0.365 e. The third-order valence-electron chi connectivity index (χ3n) is 2.52. The van der Waals surface area contributed by atoms with Crippen LogP contribution in [-0.2, 0) is 6.42 Å². The monoisotopic (exact) mass is 211 g/mol. The Labute approximate surface area is 90.1 Å². The maximum atomic E-state index is 13.7. The lowest BCUT2D eigenvalue weighted by molar-refractivity contribution is 0.585. The molecule has 0 fully saturated rings. The summed E-state index contributed by atoms with van der Waals surface area (Å²) in [4.78, 5) is 7.82. The Bertz CT molecular complexity index is 311. The summed E-state index contributed by atoms with van der Waals surface area (Å²) in [5, 5.41) is 3.10. The molecule has 0 aliphatic heterocycles. The van der Waals surface area contributed by atoms with Crippen LogP contribution in [0.15, 0.2) is 6.33 Å². The van der Waals surface area contributed by atoms with Crippen molar-refractivity contribution in [2.75, 3.05) is 5.32 Å². The number of aryl methyl sites for hydroxylation is 1. The highest BCUT2D eigenvalue weighted by atomic mass is 19.1. The van der Waals surface area contributed by atoms with Crippen LogP contribution in [0, 0.1) is 5.82 Å². The van der Waals surface area contributed by atoms with E-state index >= 15 is 0 Å². The highest BCUT2D eigenvalue weighted by molar-refractivity contribution is 5.38. The van der Waals surface area contributed by atoms with Gasteiger partial charge in [0, 0.05) is 6.04 Å². The van der Waals surface area contributed by atoms with Gasteiger partial charge in [-0.1, -0.05) is 20.8 Å². The van der Waals surface area contributed by atoms with E-state index in [9.17, 15) is 4.39 Å². The predicted molar refractivity (Wildman–Crippen MR) is 59.4 cm³/mol. The topological polar surface area (TPSA) is 37.8 Å². The van der Waals surface area contributed by atoms with Gasteiger partial charge >= 0.3 is 0 Å².